The molecule has 0 radical (unpaired) electrons. The SMILES string of the molecule is COC(=O)C(C#N)=Cc1cccc(OC)c1OC(F)F. The van der Waals surface area contributed by atoms with Crippen LogP contribution in [0.4, 0.5) is 8.78 Å². The fourth-order valence-electron chi connectivity index (χ4n) is 1.42. The number of carbonyl (C=O) groups is 1. The molecule has 7 heteroatoms. The molecule has 106 valence electrons. The second kappa shape index (κ2) is 7.09. The van der Waals surface area contributed by atoms with Crippen LogP contribution in [-0.4, -0.2) is 26.8 Å². The number of nitriles is 1. The minimum Gasteiger partial charge on any atom is -0.493 e. The molecule has 0 unspecified atom stereocenters. The van der Waals surface area contributed by atoms with Crippen LogP contribution < -0.4 is 9.47 Å². The second-order valence-electron chi connectivity index (χ2n) is 3.42. The Kier molecular flexibility index (Phi) is 5.47. The third kappa shape index (κ3) is 3.68. The fourth-order valence-corrected chi connectivity index (χ4v) is 1.42. The summed E-state index contributed by atoms with van der Waals surface area (Å²) in [6.45, 7) is -3.07. The van der Waals surface area contributed by atoms with Crippen LogP contribution in [0.25, 0.3) is 6.08 Å². The molecule has 0 aromatic heterocycles. The van der Waals surface area contributed by atoms with Gasteiger partial charge < -0.3 is 14.2 Å². The van der Waals surface area contributed by atoms with E-state index in [1.807, 2.05) is 0 Å². The maximum absolute atomic E-state index is 12.4. The van der Waals surface area contributed by atoms with Gasteiger partial charge in [-0.25, -0.2) is 4.79 Å². The van der Waals surface area contributed by atoms with Gasteiger partial charge in [0.25, 0.3) is 0 Å². The quantitative estimate of drug-likeness (QED) is 0.471. The largest absolute Gasteiger partial charge is 0.493 e. The molecule has 0 bridgehead atoms. The average Bonchev–Trinajstić information content (AvgIpc) is 2.44. The van der Waals surface area contributed by atoms with E-state index in [4.69, 9.17) is 10.00 Å². The van der Waals surface area contributed by atoms with Crippen LogP contribution in [-0.2, 0) is 9.53 Å². The van der Waals surface area contributed by atoms with E-state index in [0.717, 1.165) is 13.2 Å². The standard InChI is InChI=1S/C13H11F2NO4/c1-18-10-5-3-4-8(11(10)20-13(14)15)6-9(7-16)12(17)19-2/h3-6,13H,1-2H3. The lowest BCUT2D eigenvalue weighted by Gasteiger charge is -2.12. The molecular weight excluding hydrogens is 272 g/mol. The summed E-state index contributed by atoms with van der Waals surface area (Å²) in [6, 6.07) is 5.95. The van der Waals surface area contributed by atoms with Crippen LogP contribution in [0.15, 0.2) is 23.8 Å². The predicted octanol–water partition coefficient (Wildman–Crippen LogP) is 2.38. The second-order valence-corrected chi connectivity index (χ2v) is 3.42. The topological polar surface area (TPSA) is 68.6 Å². The van der Waals surface area contributed by atoms with Crippen molar-refractivity contribution in [3.8, 4) is 17.6 Å². The molecule has 0 N–H and O–H groups in total. The molecule has 20 heavy (non-hydrogen) atoms. The lowest BCUT2D eigenvalue weighted by Crippen LogP contribution is -2.06. The first-order valence-electron chi connectivity index (χ1n) is 5.35. The Balaban J connectivity index is 3.33. The zero-order chi connectivity index (χ0) is 15.1. The minimum absolute atomic E-state index is 0.0567. The summed E-state index contributed by atoms with van der Waals surface area (Å²) in [5.74, 6) is -1.08. The third-order valence-corrected chi connectivity index (χ3v) is 2.26. The van der Waals surface area contributed by atoms with E-state index >= 15 is 0 Å². The van der Waals surface area contributed by atoms with Crippen molar-refractivity contribution in [2.45, 2.75) is 6.61 Å². The molecule has 1 aromatic carbocycles. The normalized spacial score (nSPS) is 10.9. The zero-order valence-corrected chi connectivity index (χ0v) is 10.7. The number of hydrogen-bond donors (Lipinski definition) is 0. The molecule has 5 nitrogen and oxygen atoms in total. The third-order valence-electron chi connectivity index (χ3n) is 2.26. The highest BCUT2D eigenvalue weighted by molar-refractivity contribution is 5.98. The number of benzene rings is 1. The highest BCUT2D eigenvalue weighted by Crippen LogP contribution is 2.33. The summed E-state index contributed by atoms with van der Waals surface area (Å²) < 4.78 is 38.5. The van der Waals surface area contributed by atoms with Gasteiger partial charge in [-0.1, -0.05) is 12.1 Å². The van der Waals surface area contributed by atoms with Crippen LogP contribution in [0.1, 0.15) is 5.56 Å². The highest BCUT2D eigenvalue weighted by atomic mass is 19.3. The van der Waals surface area contributed by atoms with E-state index in [0.29, 0.717) is 0 Å². The summed E-state index contributed by atoms with van der Waals surface area (Å²) in [5.41, 5.74) is -0.244. The van der Waals surface area contributed by atoms with Gasteiger partial charge in [-0.15, -0.1) is 0 Å². The molecule has 0 fully saturated rings. The van der Waals surface area contributed by atoms with Gasteiger partial charge in [-0.2, -0.15) is 14.0 Å². The van der Waals surface area contributed by atoms with Gasteiger partial charge in [-0.05, 0) is 12.1 Å². The molecular formula is C13H11F2NO4. The molecule has 0 saturated heterocycles. The van der Waals surface area contributed by atoms with Crippen LogP contribution in [0.3, 0.4) is 0 Å². The van der Waals surface area contributed by atoms with Crippen molar-refractivity contribution in [1.29, 1.82) is 5.26 Å². The lowest BCUT2D eigenvalue weighted by atomic mass is 10.1. The van der Waals surface area contributed by atoms with E-state index in [2.05, 4.69) is 9.47 Å². The molecule has 0 atom stereocenters. The van der Waals surface area contributed by atoms with Crippen LogP contribution in [0.5, 0.6) is 11.5 Å². The van der Waals surface area contributed by atoms with Gasteiger partial charge in [0.2, 0.25) is 0 Å². The molecule has 0 amide bonds. The number of halogens is 2. The molecule has 1 rings (SSSR count). The number of carbonyl (C=O) groups excluding carboxylic acids is 1. The van der Waals surface area contributed by atoms with Gasteiger partial charge in [-0.3, -0.25) is 0 Å². The fraction of sp³-hybridized carbons (Fsp3) is 0.231. The monoisotopic (exact) mass is 283 g/mol. The smallest absolute Gasteiger partial charge is 0.387 e. The summed E-state index contributed by atoms with van der Waals surface area (Å²) in [7, 11) is 2.39. The van der Waals surface area contributed by atoms with E-state index in [1.165, 1.54) is 25.3 Å². The summed E-state index contributed by atoms with van der Waals surface area (Å²) in [6.07, 6.45) is 1.09. The van der Waals surface area contributed by atoms with Crippen molar-refractivity contribution in [2.24, 2.45) is 0 Å². The van der Waals surface area contributed by atoms with Crippen molar-refractivity contribution >= 4 is 12.0 Å². The predicted molar refractivity (Wildman–Crippen MR) is 65.2 cm³/mol. The molecule has 0 aliphatic carbocycles. The molecule has 1 aromatic rings. The summed E-state index contributed by atoms with van der Waals surface area (Å²) in [5, 5.41) is 8.85. The first-order chi connectivity index (χ1) is 9.53. The molecule has 0 saturated carbocycles. The van der Waals surface area contributed by atoms with Crippen molar-refractivity contribution in [3.63, 3.8) is 0 Å². The van der Waals surface area contributed by atoms with Gasteiger partial charge in [0, 0.05) is 5.56 Å². The van der Waals surface area contributed by atoms with Gasteiger partial charge in [0.15, 0.2) is 11.5 Å². The van der Waals surface area contributed by atoms with Crippen molar-refractivity contribution in [1.82, 2.24) is 0 Å². The number of hydrogen-bond acceptors (Lipinski definition) is 5. The highest BCUT2D eigenvalue weighted by Gasteiger charge is 2.16. The first-order valence-corrected chi connectivity index (χ1v) is 5.35. The number of para-hydroxylation sites is 1. The van der Waals surface area contributed by atoms with Crippen LogP contribution >= 0.6 is 0 Å². The Morgan fingerprint density at radius 2 is 2.10 bits per heavy atom. The van der Waals surface area contributed by atoms with E-state index in [-0.39, 0.29) is 22.6 Å². The molecule has 0 spiro atoms. The minimum atomic E-state index is -3.07. The Morgan fingerprint density at radius 1 is 1.40 bits per heavy atom. The van der Waals surface area contributed by atoms with E-state index < -0.39 is 12.6 Å². The van der Waals surface area contributed by atoms with Crippen LogP contribution in [0, 0.1) is 11.3 Å². The first kappa shape index (κ1) is 15.4. The van der Waals surface area contributed by atoms with Crippen LogP contribution in [0.2, 0.25) is 0 Å². The number of rotatable bonds is 5. The Morgan fingerprint density at radius 3 is 2.60 bits per heavy atom. The summed E-state index contributed by atoms with van der Waals surface area (Å²) in [4.78, 5) is 11.3. The Hall–Kier alpha value is -2.62. The zero-order valence-electron chi connectivity index (χ0n) is 10.7. The van der Waals surface area contributed by atoms with Gasteiger partial charge >= 0.3 is 12.6 Å². The maximum Gasteiger partial charge on any atom is 0.387 e. The van der Waals surface area contributed by atoms with E-state index in [1.54, 1.807) is 6.07 Å². The number of methoxy groups -OCH3 is 2. The van der Waals surface area contributed by atoms with Gasteiger partial charge in [0.05, 0.1) is 14.2 Å². The maximum atomic E-state index is 12.4. The number of esters is 1. The van der Waals surface area contributed by atoms with Gasteiger partial charge in [0.1, 0.15) is 11.6 Å². The number of alkyl halides is 2. The number of nitrogens with zero attached hydrogens (tertiary/aromatic N) is 1. The van der Waals surface area contributed by atoms with Crippen molar-refractivity contribution in [3.05, 3.63) is 29.3 Å². The lowest BCUT2D eigenvalue weighted by molar-refractivity contribution is -0.135. The van der Waals surface area contributed by atoms with Crippen molar-refractivity contribution < 1.29 is 27.8 Å². The average molecular weight is 283 g/mol. The molecule has 0 aliphatic rings. The van der Waals surface area contributed by atoms with E-state index in [9.17, 15) is 13.6 Å². The Labute approximate surface area is 114 Å². The summed E-state index contributed by atoms with van der Waals surface area (Å²) >= 11 is 0. The van der Waals surface area contributed by atoms with Crippen molar-refractivity contribution in [2.75, 3.05) is 14.2 Å². The molecule has 0 aliphatic heterocycles. The molecule has 0 heterocycles. The Bertz CT molecular complexity index is 564. The number of ether oxygens (including phenoxy) is 3.